The fourth-order valence-corrected chi connectivity index (χ4v) is 2.58. The second-order valence-electron chi connectivity index (χ2n) is 5.93. The van der Waals surface area contributed by atoms with Crippen LogP contribution in [0.1, 0.15) is 18.1 Å². The summed E-state index contributed by atoms with van der Waals surface area (Å²) in [6, 6.07) is 13.5. The summed E-state index contributed by atoms with van der Waals surface area (Å²) in [6.45, 7) is 1.79. The summed E-state index contributed by atoms with van der Waals surface area (Å²) >= 11 is 0. The highest BCUT2D eigenvalue weighted by atomic mass is 19.4. The lowest BCUT2D eigenvalue weighted by molar-refractivity contribution is -0.137. The number of alkyl halides is 3. The van der Waals surface area contributed by atoms with Gasteiger partial charge in [0.05, 0.1) is 17.7 Å². The highest BCUT2D eigenvalue weighted by Crippen LogP contribution is 2.31. The zero-order valence-electron chi connectivity index (χ0n) is 13.8. The van der Waals surface area contributed by atoms with Crippen molar-refractivity contribution in [1.82, 2.24) is 5.16 Å². The van der Waals surface area contributed by atoms with E-state index in [1.165, 1.54) is 18.2 Å². The zero-order chi connectivity index (χ0) is 18.7. The predicted molar refractivity (Wildman–Crippen MR) is 90.0 cm³/mol. The molecule has 2 aromatic carbocycles. The topological polar surface area (TPSA) is 55.2 Å². The number of halogens is 3. The number of aromatic amines is 1. The summed E-state index contributed by atoms with van der Waals surface area (Å²) in [7, 11) is 0. The summed E-state index contributed by atoms with van der Waals surface area (Å²) in [5.41, 5.74) is 0.649. The quantitative estimate of drug-likeness (QED) is 0.717. The van der Waals surface area contributed by atoms with Crippen molar-refractivity contribution in [3.63, 3.8) is 0 Å². The maximum atomic E-state index is 12.7. The van der Waals surface area contributed by atoms with Crippen LogP contribution in [0.15, 0.2) is 63.9 Å². The molecule has 0 spiro atoms. The average Bonchev–Trinajstić information content (AvgIpc) is 3.01. The summed E-state index contributed by atoms with van der Waals surface area (Å²) in [5, 5.41) is 2.23. The van der Waals surface area contributed by atoms with Crippen LogP contribution in [0.4, 0.5) is 13.2 Å². The van der Waals surface area contributed by atoms with E-state index in [1.54, 1.807) is 19.1 Å². The van der Waals surface area contributed by atoms with Gasteiger partial charge >= 0.3 is 6.18 Å². The molecule has 0 fully saturated rings. The van der Waals surface area contributed by atoms with Gasteiger partial charge in [-0.05, 0) is 30.7 Å². The first kappa shape index (κ1) is 17.8. The SMILES string of the molecule is CC(Cc1ccc(-c2cc(=O)[nH]o2)cc1)Oc1cccc(C(F)(F)F)c1. The number of benzene rings is 2. The molecule has 1 atom stereocenters. The van der Waals surface area contributed by atoms with Crippen LogP contribution in [0.2, 0.25) is 0 Å². The molecule has 26 heavy (non-hydrogen) atoms. The van der Waals surface area contributed by atoms with Crippen LogP contribution in [0.5, 0.6) is 5.75 Å². The lowest BCUT2D eigenvalue weighted by Gasteiger charge is -2.16. The normalized spacial score (nSPS) is 12.8. The van der Waals surface area contributed by atoms with Crippen molar-refractivity contribution in [2.45, 2.75) is 25.6 Å². The van der Waals surface area contributed by atoms with Gasteiger partial charge in [0.25, 0.3) is 5.56 Å². The van der Waals surface area contributed by atoms with Gasteiger partial charge in [0.1, 0.15) is 5.75 Å². The van der Waals surface area contributed by atoms with Gasteiger partial charge in [0.2, 0.25) is 0 Å². The summed E-state index contributed by atoms with van der Waals surface area (Å²) in [6.07, 6.45) is -4.19. The van der Waals surface area contributed by atoms with Crippen LogP contribution in [-0.4, -0.2) is 11.3 Å². The molecule has 1 aromatic heterocycles. The Labute approximate surface area is 147 Å². The van der Waals surface area contributed by atoms with Gasteiger partial charge in [-0.1, -0.05) is 30.3 Å². The molecule has 1 unspecified atom stereocenters. The van der Waals surface area contributed by atoms with E-state index in [2.05, 4.69) is 5.16 Å². The van der Waals surface area contributed by atoms with Crippen LogP contribution in [0, 0.1) is 0 Å². The Morgan fingerprint density at radius 1 is 1.12 bits per heavy atom. The Bertz CT molecular complexity index is 926. The maximum absolute atomic E-state index is 12.7. The van der Waals surface area contributed by atoms with Crippen molar-refractivity contribution < 1.29 is 22.4 Å². The second-order valence-corrected chi connectivity index (χ2v) is 5.93. The highest BCUT2D eigenvalue weighted by molar-refractivity contribution is 5.56. The van der Waals surface area contributed by atoms with Gasteiger partial charge in [-0.3, -0.25) is 4.79 Å². The van der Waals surface area contributed by atoms with Gasteiger partial charge in [0, 0.05) is 12.0 Å². The summed E-state index contributed by atoms with van der Waals surface area (Å²) in [4.78, 5) is 11.1. The molecule has 0 radical (unpaired) electrons. The molecule has 0 saturated heterocycles. The molecule has 0 aliphatic rings. The van der Waals surface area contributed by atoms with E-state index in [0.717, 1.165) is 23.3 Å². The minimum absolute atomic E-state index is 0.179. The summed E-state index contributed by atoms with van der Waals surface area (Å²) in [5.74, 6) is 0.618. The Kier molecular flexibility index (Phi) is 4.88. The average molecular weight is 363 g/mol. The van der Waals surface area contributed by atoms with Crippen LogP contribution in [-0.2, 0) is 12.6 Å². The molecule has 7 heteroatoms. The van der Waals surface area contributed by atoms with Crippen molar-refractivity contribution in [2.75, 3.05) is 0 Å². The molecule has 3 aromatic rings. The third kappa shape index (κ3) is 4.36. The number of aromatic nitrogens is 1. The van der Waals surface area contributed by atoms with E-state index < -0.39 is 11.7 Å². The molecule has 3 rings (SSSR count). The molecular formula is C19H16F3NO3. The van der Waals surface area contributed by atoms with Gasteiger partial charge in [-0.15, -0.1) is 0 Å². The fourth-order valence-electron chi connectivity index (χ4n) is 2.58. The lowest BCUT2D eigenvalue weighted by Crippen LogP contribution is -2.15. The minimum atomic E-state index is -4.40. The molecule has 0 amide bonds. The predicted octanol–water partition coefficient (Wildman–Crippen LogP) is 4.66. The third-order valence-electron chi connectivity index (χ3n) is 3.78. The van der Waals surface area contributed by atoms with Crippen LogP contribution < -0.4 is 10.3 Å². The highest BCUT2D eigenvalue weighted by Gasteiger charge is 2.30. The summed E-state index contributed by atoms with van der Waals surface area (Å²) < 4.78 is 48.9. The molecule has 1 heterocycles. The number of H-pyrrole nitrogens is 1. The first-order valence-corrected chi connectivity index (χ1v) is 7.93. The maximum Gasteiger partial charge on any atom is 0.416 e. The van der Waals surface area contributed by atoms with E-state index in [9.17, 15) is 18.0 Å². The smallest absolute Gasteiger partial charge is 0.416 e. The van der Waals surface area contributed by atoms with Crippen LogP contribution in [0.25, 0.3) is 11.3 Å². The van der Waals surface area contributed by atoms with Gasteiger partial charge in [-0.25, -0.2) is 0 Å². The molecule has 0 aliphatic carbocycles. The largest absolute Gasteiger partial charge is 0.490 e. The number of ether oxygens (including phenoxy) is 1. The van der Waals surface area contributed by atoms with Crippen molar-refractivity contribution in [3.05, 3.63) is 76.1 Å². The first-order valence-electron chi connectivity index (χ1n) is 7.93. The Hall–Kier alpha value is -2.96. The molecule has 0 aliphatic heterocycles. The Morgan fingerprint density at radius 2 is 1.85 bits per heavy atom. The molecule has 0 saturated carbocycles. The van der Waals surface area contributed by atoms with Crippen molar-refractivity contribution >= 4 is 0 Å². The first-order chi connectivity index (χ1) is 12.3. The van der Waals surface area contributed by atoms with Gasteiger partial charge < -0.3 is 9.26 Å². The van der Waals surface area contributed by atoms with Crippen molar-refractivity contribution in [1.29, 1.82) is 0 Å². The van der Waals surface area contributed by atoms with Crippen molar-refractivity contribution in [3.8, 4) is 17.1 Å². The standard InChI is InChI=1S/C19H16F3NO3/c1-12(25-16-4-2-3-15(10-16)19(20,21)22)9-13-5-7-14(8-6-13)17-11-18(24)23-26-17/h2-8,10-12H,9H2,1H3,(H,23,24). The minimum Gasteiger partial charge on any atom is -0.490 e. The van der Waals surface area contributed by atoms with E-state index in [-0.39, 0.29) is 17.4 Å². The van der Waals surface area contributed by atoms with E-state index >= 15 is 0 Å². The zero-order valence-corrected chi connectivity index (χ0v) is 13.8. The molecule has 4 nitrogen and oxygen atoms in total. The van der Waals surface area contributed by atoms with Crippen molar-refractivity contribution in [2.24, 2.45) is 0 Å². The van der Waals surface area contributed by atoms with Crippen LogP contribution >= 0.6 is 0 Å². The fraction of sp³-hybridized carbons (Fsp3) is 0.211. The number of rotatable bonds is 5. The van der Waals surface area contributed by atoms with E-state index in [4.69, 9.17) is 9.26 Å². The Balaban J connectivity index is 1.65. The van der Waals surface area contributed by atoms with E-state index in [0.29, 0.717) is 12.2 Å². The molecule has 1 N–H and O–H groups in total. The second kappa shape index (κ2) is 7.11. The number of nitrogens with one attached hydrogen (secondary N) is 1. The molecule has 0 bridgehead atoms. The number of hydrogen-bond acceptors (Lipinski definition) is 3. The van der Waals surface area contributed by atoms with E-state index in [1.807, 2.05) is 12.1 Å². The van der Waals surface area contributed by atoms with Crippen LogP contribution in [0.3, 0.4) is 0 Å². The molecular weight excluding hydrogens is 347 g/mol. The Morgan fingerprint density at radius 3 is 2.46 bits per heavy atom. The molecule has 136 valence electrons. The van der Waals surface area contributed by atoms with Gasteiger partial charge in [0.15, 0.2) is 5.76 Å². The third-order valence-corrected chi connectivity index (χ3v) is 3.78. The number of hydrogen-bond donors (Lipinski definition) is 1. The monoisotopic (exact) mass is 363 g/mol. The lowest BCUT2D eigenvalue weighted by atomic mass is 10.1. The van der Waals surface area contributed by atoms with Gasteiger partial charge in [-0.2, -0.15) is 18.3 Å².